The van der Waals surface area contributed by atoms with Crippen molar-refractivity contribution in [3.8, 4) is 12.1 Å². The average molecular weight is 226 g/mol. The van der Waals surface area contributed by atoms with E-state index in [-0.39, 0.29) is 0 Å². The minimum absolute atomic E-state index is 0.426. The lowest BCUT2D eigenvalue weighted by atomic mass is 9.72. The van der Waals surface area contributed by atoms with Crippen LogP contribution in [0.1, 0.15) is 38.7 Å². The highest BCUT2D eigenvalue weighted by atomic mass is 14.4. The second kappa shape index (κ2) is 6.06. The van der Waals surface area contributed by atoms with Crippen LogP contribution in [0.4, 0.5) is 0 Å². The standard InChI is InChI=1S/C15H18N2/c1-13(2)11-15(12-17,9-6-10-16)14-7-4-3-5-8-14/h3-5,7-8,13H,6,9,11H2,1-2H3/t15-/m0/s1. The minimum Gasteiger partial charge on any atom is -0.198 e. The molecule has 2 heteroatoms. The van der Waals surface area contributed by atoms with E-state index in [2.05, 4.69) is 26.0 Å². The monoisotopic (exact) mass is 226 g/mol. The van der Waals surface area contributed by atoms with E-state index in [1.165, 1.54) is 0 Å². The molecule has 0 saturated heterocycles. The minimum atomic E-state index is -0.509. The molecule has 0 aliphatic rings. The number of nitriles is 2. The van der Waals surface area contributed by atoms with Gasteiger partial charge in [0.05, 0.1) is 17.6 Å². The van der Waals surface area contributed by atoms with Crippen LogP contribution in [0.3, 0.4) is 0 Å². The highest BCUT2D eigenvalue weighted by molar-refractivity contribution is 5.32. The van der Waals surface area contributed by atoms with Crippen LogP contribution in [0.15, 0.2) is 30.3 Å². The molecule has 0 unspecified atom stereocenters. The Bertz CT molecular complexity index is 422. The van der Waals surface area contributed by atoms with E-state index in [0.717, 1.165) is 12.0 Å². The first-order valence-electron chi connectivity index (χ1n) is 5.98. The second-order valence-corrected chi connectivity index (χ2v) is 4.82. The molecule has 1 rings (SSSR count). The summed E-state index contributed by atoms with van der Waals surface area (Å²) in [7, 11) is 0. The van der Waals surface area contributed by atoms with Crippen molar-refractivity contribution in [3.05, 3.63) is 35.9 Å². The molecule has 17 heavy (non-hydrogen) atoms. The smallest absolute Gasteiger partial charge is 0.0834 e. The molecule has 0 aliphatic heterocycles. The van der Waals surface area contributed by atoms with Gasteiger partial charge in [0, 0.05) is 6.42 Å². The lowest BCUT2D eigenvalue weighted by Crippen LogP contribution is -2.26. The van der Waals surface area contributed by atoms with Gasteiger partial charge in [0.1, 0.15) is 0 Å². The van der Waals surface area contributed by atoms with Gasteiger partial charge < -0.3 is 0 Å². The van der Waals surface area contributed by atoms with Crippen LogP contribution >= 0.6 is 0 Å². The van der Waals surface area contributed by atoms with Crippen LogP contribution in [0.25, 0.3) is 0 Å². The number of benzene rings is 1. The maximum atomic E-state index is 9.55. The molecule has 0 heterocycles. The Morgan fingerprint density at radius 3 is 2.29 bits per heavy atom. The summed E-state index contributed by atoms with van der Waals surface area (Å²) in [6, 6.07) is 14.4. The van der Waals surface area contributed by atoms with E-state index in [4.69, 9.17) is 5.26 Å². The van der Waals surface area contributed by atoms with Crippen molar-refractivity contribution in [3.63, 3.8) is 0 Å². The van der Waals surface area contributed by atoms with Crippen LogP contribution in [-0.2, 0) is 5.41 Å². The molecule has 2 nitrogen and oxygen atoms in total. The van der Waals surface area contributed by atoms with Crippen LogP contribution in [-0.4, -0.2) is 0 Å². The Morgan fingerprint density at radius 2 is 1.82 bits per heavy atom. The fraction of sp³-hybridized carbons (Fsp3) is 0.467. The first kappa shape index (κ1) is 13.3. The molecule has 0 radical (unpaired) electrons. The van der Waals surface area contributed by atoms with Gasteiger partial charge in [-0.25, -0.2) is 0 Å². The van der Waals surface area contributed by atoms with Crippen molar-refractivity contribution in [2.75, 3.05) is 0 Å². The van der Waals surface area contributed by atoms with E-state index >= 15 is 0 Å². The number of hydrogen-bond donors (Lipinski definition) is 0. The summed E-state index contributed by atoms with van der Waals surface area (Å²) in [6.45, 7) is 4.23. The SMILES string of the molecule is CC(C)C[C@](C#N)(CCC#N)c1ccccc1. The van der Waals surface area contributed by atoms with E-state index in [1.54, 1.807) is 0 Å². The molecule has 0 aliphatic carbocycles. The van der Waals surface area contributed by atoms with Gasteiger partial charge in [-0.2, -0.15) is 10.5 Å². The Morgan fingerprint density at radius 1 is 1.18 bits per heavy atom. The largest absolute Gasteiger partial charge is 0.198 e. The molecular weight excluding hydrogens is 208 g/mol. The highest BCUT2D eigenvalue weighted by Crippen LogP contribution is 2.35. The highest BCUT2D eigenvalue weighted by Gasteiger charge is 2.32. The molecule has 0 spiro atoms. The Labute approximate surface area is 104 Å². The summed E-state index contributed by atoms with van der Waals surface area (Å²) < 4.78 is 0. The molecule has 1 aromatic carbocycles. The number of rotatable bonds is 5. The van der Waals surface area contributed by atoms with Crippen molar-refractivity contribution < 1.29 is 0 Å². The molecule has 1 aromatic rings. The Kier molecular flexibility index (Phi) is 4.73. The van der Waals surface area contributed by atoms with E-state index in [9.17, 15) is 5.26 Å². The molecule has 1 atom stereocenters. The summed E-state index contributed by atoms with van der Waals surface area (Å²) in [4.78, 5) is 0. The first-order valence-corrected chi connectivity index (χ1v) is 5.98. The third-order valence-electron chi connectivity index (χ3n) is 2.96. The first-order chi connectivity index (χ1) is 8.14. The van der Waals surface area contributed by atoms with E-state index in [1.807, 2.05) is 30.3 Å². The Hall–Kier alpha value is -1.80. The van der Waals surface area contributed by atoms with Gasteiger partial charge >= 0.3 is 0 Å². The third-order valence-corrected chi connectivity index (χ3v) is 2.96. The van der Waals surface area contributed by atoms with Crippen LogP contribution in [0.2, 0.25) is 0 Å². The van der Waals surface area contributed by atoms with Crippen LogP contribution in [0.5, 0.6) is 0 Å². The van der Waals surface area contributed by atoms with Crippen molar-refractivity contribution in [2.45, 2.75) is 38.5 Å². The zero-order valence-electron chi connectivity index (χ0n) is 10.5. The Balaban J connectivity index is 3.08. The lowest BCUT2D eigenvalue weighted by Gasteiger charge is -2.28. The number of nitrogens with zero attached hydrogens (tertiary/aromatic N) is 2. The summed E-state index contributed by atoms with van der Waals surface area (Å²) in [5, 5.41) is 18.3. The molecule has 0 N–H and O–H groups in total. The van der Waals surface area contributed by atoms with Gasteiger partial charge in [0.2, 0.25) is 0 Å². The van der Waals surface area contributed by atoms with Crippen LogP contribution < -0.4 is 0 Å². The van der Waals surface area contributed by atoms with Gasteiger partial charge in [-0.1, -0.05) is 44.2 Å². The predicted molar refractivity (Wildman–Crippen MR) is 68.0 cm³/mol. The zero-order chi connectivity index (χ0) is 12.7. The van der Waals surface area contributed by atoms with Crippen molar-refractivity contribution in [1.82, 2.24) is 0 Å². The molecular formula is C15H18N2. The molecule has 0 amide bonds. The van der Waals surface area contributed by atoms with Crippen molar-refractivity contribution in [1.29, 1.82) is 10.5 Å². The van der Waals surface area contributed by atoms with E-state index < -0.39 is 5.41 Å². The lowest BCUT2D eigenvalue weighted by molar-refractivity contribution is 0.398. The van der Waals surface area contributed by atoms with Crippen molar-refractivity contribution in [2.24, 2.45) is 5.92 Å². The quantitative estimate of drug-likeness (QED) is 0.766. The maximum absolute atomic E-state index is 9.55. The van der Waals surface area contributed by atoms with Gasteiger partial charge in [-0.3, -0.25) is 0 Å². The summed E-state index contributed by atoms with van der Waals surface area (Å²) >= 11 is 0. The summed E-state index contributed by atoms with van der Waals surface area (Å²) in [6.07, 6.45) is 1.84. The fourth-order valence-corrected chi connectivity index (χ4v) is 2.25. The summed E-state index contributed by atoms with van der Waals surface area (Å²) in [5.74, 6) is 0.438. The van der Waals surface area contributed by atoms with E-state index in [0.29, 0.717) is 18.8 Å². The van der Waals surface area contributed by atoms with Gasteiger partial charge in [0.15, 0.2) is 0 Å². The molecule has 0 bridgehead atoms. The normalized spacial score (nSPS) is 13.7. The molecule has 0 saturated carbocycles. The van der Waals surface area contributed by atoms with Crippen molar-refractivity contribution >= 4 is 0 Å². The topological polar surface area (TPSA) is 47.6 Å². The number of hydrogen-bond acceptors (Lipinski definition) is 2. The zero-order valence-corrected chi connectivity index (χ0v) is 10.5. The van der Waals surface area contributed by atoms with Gasteiger partial charge in [-0.05, 0) is 24.3 Å². The molecule has 0 aromatic heterocycles. The summed E-state index contributed by atoms with van der Waals surface area (Å²) in [5.41, 5.74) is 0.525. The molecule has 0 fully saturated rings. The maximum Gasteiger partial charge on any atom is 0.0834 e. The average Bonchev–Trinajstić information content (AvgIpc) is 2.35. The van der Waals surface area contributed by atoms with Gasteiger partial charge in [-0.15, -0.1) is 0 Å². The third kappa shape index (κ3) is 3.33. The second-order valence-electron chi connectivity index (χ2n) is 4.82. The van der Waals surface area contributed by atoms with Gasteiger partial charge in [0.25, 0.3) is 0 Å². The van der Waals surface area contributed by atoms with Crippen LogP contribution in [0, 0.1) is 28.6 Å². The molecule has 88 valence electrons. The fourth-order valence-electron chi connectivity index (χ4n) is 2.25. The predicted octanol–water partition coefficient (Wildman–Crippen LogP) is 3.80.